The van der Waals surface area contributed by atoms with Crippen LogP contribution in [0.2, 0.25) is 0 Å². The van der Waals surface area contributed by atoms with Gasteiger partial charge in [0.15, 0.2) is 0 Å². The van der Waals surface area contributed by atoms with E-state index in [1.807, 2.05) is 68.4 Å². The number of carbonyl (C=O) groups excluding carboxylic acids is 1. The monoisotopic (exact) mass is 591 g/mol. The van der Waals surface area contributed by atoms with Gasteiger partial charge in [-0.25, -0.2) is 8.42 Å². The third-order valence-electron chi connectivity index (χ3n) is 6.94. The number of aromatic hydroxyl groups is 2. The molecule has 42 heavy (non-hydrogen) atoms. The van der Waals surface area contributed by atoms with Crippen LogP contribution in [0.4, 0.5) is 5.69 Å². The number of carbonyl (C=O) groups is 1. The Morgan fingerprint density at radius 2 is 1.57 bits per heavy atom. The van der Waals surface area contributed by atoms with Crippen molar-refractivity contribution < 1.29 is 28.5 Å². The summed E-state index contributed by atoms with van der Waals surface area (Å²) in [5, 5.41) is 38.8. The summed E-state index contributed by atoms with van der Waals surface area (Å²) < 4.78 is 25.4. The number of benzene rings is 4. The van der Waals surface area contributed by atoms with Crippen LogP contribution in [-0.2, 0) is 34.2 Å². The van der Waals surface area contributed by atoms with Gasteiger partial charge in [-0.2, -0.15) is 0 Å². The number of fused-ring (bicyclic) bond motifs is 1. The highest BCUT2D eigenvalue weighted by Crippen LogP contribution is 2.29. The molecule has 10 heteroatoms. The van der Waals surface area contributed by atoms with E-state index in [-0.39, 0.29) is 36.1 Å². The summed E-state index contributed by atoms with van der Waals surface area (Å²) in [4.78, 5) is 12.8. The summed E-state index contributed by atoms with van der Waals surface area (Å²) >= 11 is 0. The highest BCUT2D eigenvalue weighted by atomic mass is 32.2. The van der Waals surface area contributed by atoms with Crippen molar-refractivity contribution in [2.75, 3.05) is 17.5 Å². The van der Waals surface area contributed by atoms with Gasteiger partial charge in [-0.1, -0.05) is 60.7 Å². The van der Waals surface area contributed by atoms with Crippen molar-refractivity contribution >= 4 is 32.4 Å². The maximum absolute atomic E-state index is 12.8. The summed E-state index contributed by atoms with van der Waals surface area (Å²) in [5.74, 6) is -0.128. The fourth-order valence-corrected chi connectivity index (χ4v) is 5.46. The molecule has 4 aromatic carbocycles. The number of aliphatic hydroxyl groups is 1. The molecule has 222 valence electrons. The first-order valence-corrected chi connectivity index (χ1v) is 15.5. The standard InChI is InChI=1S/C32H37N3O6S/c1-32(2,34-20-30(38)23-11-14-29(37)27(17-23)35-42(3,40)41)18-22-8-6-7-21(15-22)16-31(39)33-19-24-12-13-28(36)26-10-5-4-9-25(24)26/h4-15,17,30,34-38H,16,18-20H2,1-3H3,(H,33,39)/t30-/m0/s1. The summed E-state index contributed by atoms with van der Waals surface area (Å²) in [5.41, 5.74) is 2.89. The van der Waals surface area contributed by atoms with Crippen LogP contribution in [-0.4, -0.2) is 48.0 Å². The molecule has 0 spiro atoms. The minimum atomic E-state index is -3.59. The second kappa shape index (κ2) is 12.8. The van der Waals surface area contributed by atoms with E-state index < -0.39 is 21.7 Å². The van der Waals surface area contributed by atoms with Gasteiger partial charge in [-0.15, -0.1) is 0 Å². The van der Waals surface area contributed by atoms with Gasteiger partial charge in [0.1, 0.15) is 11.5 Å². The Kier molecular flexibility index (Phi) is 9.40. The Labute approximate surface area is 246 Å². The summed E-state index contributed by atoms with van der Waals surface area (Å²) in [6, 6.07) is 23.1. The zero-order chi connectivity index (χ0) is 30.5. The Morgan fingerprint density at radius 3 is 2.31 bits per heavy atom. The fraction of sp³-hybridized carbons (Fsp3) is 0.281. The van der Waals surface area contributed by atoms with Crippen LogP contribution < -0.4 is 15.4 Å². The molecule has 6 N–H and O–H groups in total. The van der Waals surface area contributed by atoms with Gasteiger partial charge in [0, 0.05) is 24.0 Å². The zero-order valence-electron chi connectivity index (χ0n) is 23.9. The molecule has 0 fully saturated rings. The van der Waals surface area contributed by atoms with Gasteiger partial charge >= 0.3 is 0 Å². The number of aliphatic hydroxyl groups excluding tert-OH is 1. The van der Waals surface area contributed by atoms with E-state index in [9.17, 15) is 28.5 Å². The predicted molar refractivity (Wildman–Crippen MR) is 165 cm³/mol. The van der Waals surface area contributed by atoms with Gasteiger partial charge in [0.05, 0.1) is 24.5 Å². The van der Waals surface area contributed by atoms with Crippen LogP contribution in [0.1, 0.15) is 42.2 Å². The number of sulfonamides is 1. The molecule has 4 aromatic rings. The quantitative estimate of drug-likeness (QED) is 0.136. The van der Waals surface area contributed by atoms with Crippen LogP contribution in [0.25, 0.3) is 10.8 Å². The normalized spacial score (nSPS) is 12.7. The maximum atomic E-state index is 12.8. The highest BCUT2D eigenvalue weighted by molar-refractivity contribution is 7.92. The molecule has 0 aliphatic rings. The van der Waals surface area contributed by atoms with Crippen LogP contribution in [0.3, 0.4) is 0 Å². The first-order chi connectivity index (χ1) is 19.8. The smallest absolute Gasteiger partial charge is 0.229 e. The first kappa shape index (κ1) is 30.8. The Hall–Kier alpha value is -4.12. The minimum Gasteiger partial charge on any atom is -0.507 e. The molecule has 0 aromatic heterocycles. The SMILES string of the molecule is CC(C)(Cc1cccc(CC(=O)NCc2ccc(O)c3ccccc23)c1)NC[C@H](O)c1ccc(O)c(NS(C)(=O)=O)c1. The second-order valence-electron chi connectivity index (χ2n) is 11.2. The van der Waals surface area contributed by atoms with Crippen molar-refractivity contribution in [3.05, 3.63) is 101 Å². The number of amides is 1. The van der Waals surface area contributed by atoms with Crippen molar-refractivity contribution in [1.29, 1.82) is 0 Å². The molecule has 0 heterocycles. The third-order valence-corrected chi connectivity index (χ3v) is 7.53. The summed E-state index contributed by atoms with van der Waals surface area (Å²) in [6.45, 7) is 4.57. The van der Waals surface area contributed by atoms with Crippen molar-refractivity contribution in [2.24, 2.45) is 0 Å². The van der Waals surface area contributed by atoms with Crippen LogP contribution >= 0.6 is 0 Å². The average Bonchev–Trinajstić information content (AvgIpc) is 2.92. The Balaban J connectivity index is 1.33. The molecule has 0 bridgehead atoms. The zero-order valence-corrected chi connectivity index (χ0v) is 24.7. The molecule has 9 nitrogen and oxygen atoms in total. The molecular weight excluding hydrogens is 554 g/mol. The lowest BCUT2D eigenvalue weighted by molar-refractivity contribution is -0.120. The van der Waals surface area contributed by atoms with Crippen LogP contribution in [0.15, 0.2) is 78.9 Å². The van der Waals surface area contributed by atoms with Crippen LogP contribution in [0.5, 0.6) is 11.5 Å². The van der Waals surface area contributed by atoms with Gasteiger partial charge < -0.3 is 26.0 Å². The van der Waals surface area contributed by atoms with Crippen molar-refractivity contribution in [3.63, 3.8) is 0 Å². The molecule has 0 aliphatic carbocycles. The number of phenolic OH excluding ortho intramolecular Hbond substituents is 2. The van der Waals surface area contributed by atoms with E-state index in [4.69, 9.17) is 0 Å². The molecular formula is C32H37N3O6S. The molecule has 0 saturated carbocycles. The number of nitrogens with one attached hydrogen (secondary N) is 3. The predicted octanol–water partition coefficient (Wildman–Crippen LogP) is 4.13. The number of hydrogen-bond acceptors (Lipinski definition) is 7. The lowest BCUT2D eigenvalue weighted by Gasteiger charge is -2.28. The van der Waals surface area contributed by atoms with Crippen molar-refractivity contribution in [1.82, 2.24) is 10.6 Å². The number of phenols is 2. The lowest BCUT2D eigenvalue weighted by Crippen LogP contribution is -2.43. The van der Waals surface area contributed by atoms with E-state index in [2.05, 4.69) is 15.4 Å². The number of hydrogen-bond donors (Lipinski definition) is 6. The van der Waals surface area contributed by atoms with Gasteiger partial charge in [0.25, 0.3) is 0 Å². The highest BCUT2D eigenvalue weighted by Gasteiger charge is 2.21. The largest absolute Gasteiger partial charge is 0.507 e. The average molecular weight is 592 g/mol. The molecule has 1 atom stereocenters. The summed E-state index contributed by atoms with van der Waals surface area (Å²) in [7, 11) is -3.59. The lowest BCUT2D eigenvalue weighted by atomic mass is 9.93. The van der Waals surface area contributed by atoms with Gasteiger partial charge in [-0.3, -0.25) is 9.52 Å². The topological polar surface area (TPSA) is 148 Å². The number of rotatable bonds is 12. The van der Waals surface area contributed by atoms with Crippen LogP contribution in [0, 0.1) is 0 Å². The van der Waals surface area contributed by atoms with E-state index >= 15 is 0 Å². The minimum absolute atomic E-state index is 0.00517. The fourth-order valence-electron chi connectivity index (χ4n) is 4.90. The Bertz CT molecular complexity index is 1690. The molecule has 4 rings (SSSR count). The van der Waals surface area contributed by atoms with Crippen molar-refractivity contribution in [2.45, 2.75) is 44.9 Å². The second-order valence-corrected chi connectivity index (χ2v) is 12.9. The molecule has 0 radical (unpaired) electrons. The summed E-state index contributed by atoms with van der Waals surface area (Å²) in [6.07, 6.45) is 0.901. The van der Waals surface area contributed by atoms with Gasteiger partial charge in [0.2, 0.25) is 15.9 Å². The first-order valence-electron chi connectivity index (χ1n) is 13.6. The van der Waals surface area contributed by atoms with Crippen molar-refractivity contribution in [3.8, 4) is 11.5 Å². The van der Waals surface area contributed by atoms with E-state index in [0.29, 0.717) is 18.5 Å². The Morgan fingerprint density at radius 1 is 0.881 bits per heavy atom. The number of anilines is 1. The maximum Gasteiger partial charge on any atom is 0.229 e. The molecule has 1 amide bonds. The molecule has 0 saturated heterocycles. The van der Waals surface area contributed by atoms with E-state index in [0.717, 1.165) is 33.7 Å². The number of β-amino-alcohol motifs (C(OH)–C–C–N with tert-alkyl or cyclic N) is 1. The van der Waals surface area contributed by atoms with E-state index in [1.165, 1.54) is 12.1 Å². The van der Waals surface area contributed by atoms with E-state index in [1.54, 1.807) is 12.1 Å². The van der Waals surface area contributed by atoms with Gasteiger partial charge in [-0.05, 0) is 66.1 Å². The third kappa shape index (κ3) is 8.45. The molecule has 0 unspecified atom stereocenters. The molecule has 0 aliphatic heterocycles.